The Balaban J connectivity index is 2.39. The zero-order valence-electron chi connectivity index (χ0n) is 12.1. The summed E-state index contributed by atoms with van der Waals surface area (Å²) in [5, 5.41) is 5.98. The van der Waals surface area contributed by atoms with Crippen LogP contribution >= 0.6 is 0 Å². The molecule has 1 aromatic heterocycles. The summed E-state index contributed by atoms with van der Waals surface area (Å²) in [5.41, 5.74) is 0.504. The maximum Gasteiger partial charge on any atom is 0.254 e. The maximum absolute atomic E-state index is 11.8. The topological polar surface area (TPSA) is 66.9 Å². The van der Waals surface area contributed by atoms with E-state index in [0.717, 1.165) is 25.8 Å². The number of nitrogens with one attached hydrogen (secondary N) is 2. The second-order valence-corrected chi connectivity index (χ2v) is 5.01. The van der Waals surface area contributed by atoms with E-state index in [0.29, 0.717) is 24.0 Å². The number of hydrogen-bond donors (Lipinski definition) is 2. The van der Waals surface area contributed by atoms with Crippen LogP contribution in [-0.4, -0.2) is 29.0 Å². The average molecular weight is 264 g/mol. The lowest BCUT2D eigenvalue weighted by Gasteiger charge is -2.07. The fourth-order valence-electron chi connectivity index (χ4n) is 1.49. The number of amides is 1. The third-order valence-electron chi connectivity index (χ3n) is 2.73. The van der Waals surface area contributed by atoms with E-state index in [-0.39, 0.29) is 5.91 Å². The smallest absolute Gasteiger partial charge is 0.254 e. The molecular weight excluding hydrogens is 240 g/mol. The second kappa shape index (κ2) is 8.45. The lowest BCUT2D eigenvalue weighted by atomic mass is 10.1. The first-order valence-corrected chi connectivity index (χ1v) is 6.97. The summed E-state index contributed by atoms with van der Waals surface area (Å²) in [6, 6.07) is 0. The Kier molecular flexibility index (Phi) is 6.85. The molecule has 0 saturated heterocycles. The van der Waals surface area contributed by atoms with Gasteiger partial charge in [-0.1, -0.05) is 27.2 Å². The van der Waals surface area contributed by atoms with Gasteiger partial charge in [-0.15, -0.1) is 0 Å². The molecule has 0 fully saturated rings. The minimum Gasteiger partial charge on any atom is -0.354 e. The molecule has 106 valence electrons. The van der Waals surface area contributed by atoms with Crippen LogP contribution in [0.25, 0.3) is 0 Å². The van der Waals surface area contributed by atoms with Crippen LogP contribution in [-0.2, 0) is 0 Å². The van der Waals surface area contributed by atoms with E-state index in [1.165, 1.54) is 0 Å². The molecule has 0 aliphatic rings. The van der Waals surface area contributed by atoms with Crippen LogP contribution < -0.4 is 10.6 Å². The van der Waals surface area contributed by atoms with Crippen molar-refractivity contribution in [3.63, 3.8) is 0 Å². The van der Waals surface area contributed by atoms with Gasteiger partial charge in [0.05, 0.1) is 5.56 Å². The first-order chi connectivity index (χ1) is 9.13. The van der Waals surface area contributed by atoms with Gasteiger partial charge < -0.3 is 10.6 Å². The first-order valence-electron chi connectivity index (χ1n) is 6.97. The van der Waals surface area contributed by atoms with Gasteiger partial charge in [-0.25, -0.2) is 9.97 Å². The molecule has 2 N–H and O–H groups in total. The van der Waals surface area contributed by atoms with Crippen LogP contribution in [0.1, 0.15) is 50.4 Å². The van der Waals surface area contributed by atoms with E-state index in [9.17, 15) is 4.79 Å². The van der Waals surface area contributed by atoms with Gasteiger partial charge in [-0.05, 0) is 18.8 Å². The van der Waals surface area contributed by atoms with E-state index in [2.05, 4.69) is 41.4 Å². The summed E-state index contributed by atoms with van der Waals surface area (Å²) >= 11 is 0. The molecule has 1 aromatic rings. The van der Waals surface area contributed by atoms with Crippen molar-refractivity contribution >= 4 is 11.9 Å². The highest BCUT2D eigenvalue weighted by molar-refractivity contribution is 5.93. The Labute approximate surface area is 115 Å². The summed E-state index contributed by atoms with van der Waals surface area (Å²) in [7, 11) is 0. The van der Waals surface area contributed by atoms with Crippen LogP contribution in [0, 0.1) is 5.92 Å². The lowest BCUT2D eigenvalue weighted by Crippen LogP contribution is -2.25. The van der Waals surface area contributed by atoms with Crippen LogP contribution in [0.2, 0.25) is 0 Å². The minimum atomic E-state index is -0.110. The standard InChI is InChI=1S/C14H24N4O/c1-4-5-7-16-14-17-9-12(10-18-14)13(19)15-8-6-11(2)3/h9-11H,4-8H2,1-3H3,(H,15,19)(H,16,17,18). The normalized spacial score (nSPS) is 10.5. The average Bonchev–Trinajstić information content (AvgIpc) is 2.39. The number of carbonyl (C=O) groups excluding carboxylic acids is 1. The van der Waals surface area contributed by atoms with Gasteiger partial charge in [0.25, 0.3) is 5.91 Å². The summed E-state index contributed by atoms with van der Waals surface area (Å²) in [6.07, 6.45) is 6.31. The van der Waals surface area contributed by atoms with E-state index in [4.69, 9.17) is 0 Å². The molecule has 0 unspecified atom stereocenters. The van der Waals surface area contributed by atoms with Crippen molar-refractivity contribution in [2.45, 2.75) is 40.0 Å². The molecule has 19 heavy (non-hydrogen) atoms. The Morgan fingerprint density at radius 3 is 2.53 bits per heavy atom. The van der Waals surface area contributed by atoms with Gasteiger partial charge >= 0.3 is 0 Å². The molecule has 0 aromatic carbocycles. The van der Waals surface area contributed by atoms with E-state index >= 15 is 0 Å². The summed E-state index contributed by atoms with van der Waals surface area (Å²) in [5.74, 6) is 1.05. The number of hydrogen-bond acceptors (Lipinski definition) is 4. The van der Waals surface area contributed by atoms with Gasteiger partial charge in [0, 0.05) is 25.5 Å². The highest BCUT2D eigenvalue weighted by Crippen LogP contribution is 2.02. The monoisotopic (exact) mass is 264 g/mol. The fraction of sp³-hybridized carbons (Fsp3) is 0.643. The molecule has 0 spiro atoms. The van der Waals surface area contributed by atoms with Crippen molar-refractivity contribution in [2.75, 3.05) is 18.4 Å². The van der Waals surface area contributed by atoms with Gasteiger partial charge in [0.15, 0.2) is 0 Å². The molecule has 0 radical (unpaired) electrons. The summed E-state index contributed by atoms with van der Waals surface area (Å²) < 4.78 is 0. The molecule has 1 amide bonds. The third kappa shape index (κ3) is 6.18. The molecule has 1 rings (SSSR count). The zero-order chi connectivity index (χ0) is 14.1. The maximum atomic E-state index is 11.8. The van der Waals surface area contributed by atoms with E-state index in [1.54, 1.807) is 12.4 Å². The van der Waals surface area contributed by atoms with E-state index < -0.39 is 0 Å². The van der Waals surface area contributed by atoms with Crippen LogP contribution in [0.4, 0.5) is 5.95 Å². The Morgan fingerprint density at radius 2 is 1.95 bits per heavy atom. The van der Waals surface area contributed by atoms with Crippen molar-refractivity contribution in [3.8, 4) is 0 Å². The first kappa shape index (κ1) is 15.4. The number of carbonyl (C=O) groups is 1. The molecule has 0 atom stereocenters. The SMILES string of the molecule is CCCCNc1ncc(C(=O)NCCC(C)C)cn1. The lowest BCUT2D eigenvalue weighted by molar-refractivity contribution is 0.0951. The molecule has 0 bridgehead atoms. The number of anilines is 1. The Bertz CT molecular complexity index is 376. The summed E-state index contributed by atoms with van der Waals surface area (Å²) in [6.45, 7) is 7.94. The van der Waals surface area contributed by atoms with Crippen molar-refractivity contribution in [1.82, 2.24) is 15.3 Å². The quantitative estimate of drug-likeness (QED) is 0.708. The Hall–Kier alpha value is -1.65. The zero-order valence-corrected chi connectivity index (χ0v) is 12.1. The predicted octanol–water partition coefficient (Wildman–Crippen LogP) is 2.46. The molecule has 0 aliphatic heterocycles. The minimum absolute atomic E-state index is 0.110. The molecule has 1 heterocycles. The Morgan fingerprint density at radius 1 is 1.26 bits per heavy atom. The predicted molar refractivity (Wildman–Crippen MR) is 77.2 cm³/mol. The second-order valence-electron chi connectivity index (χ2n) is 5.01. The van der Waals surface area contributed by atoms with Gasteiger partial charge in [0.1, 0.15) is 0 Å². The third-order valence-corrected chi connectivity index (χ3v) is 2.73. The van der Waals surface area contributed by atoms with Gasteiger partial charge in [0.2, 0.25) is 5.95 Å². The molecular formula is C14H24N4O. The highest BCUT2D eigenvalue weighted by Gasteiger charge is 2.06. The number of aromatic nitrogens is 2. The molecule has 5 nitrogen and oxygen atoms in total. The fourth-order valence-corrected chi connectivity index (χ4v) is 1.49. The summed E-state index contributed by atoms with van der Waals surface area (Å²) in [4.78, 5) is 20.0. The van der Waals surface area contributed by atoms with Gasteiger partial charge in [-0.2, -0.15) is 0 Å². The molecule has 0 aliphatic carbocycles. The number of unbranched alkanes of at least 4 members (excludes halogenated alkanes) is 1. The van der Waals surface area contributed by atoms with Crippen LogP contribution in [0.3, 0.4) is 0 Å². The van der Waals surface area contributed by atoms with Crippen LogP contribution in [0.15, 0.2) is 12.4 Å². The van der Waals surface area contributed by atoms with E-state index in [1.807, 2.05) is 0 Å². The van der Waals surface area contributed by atoms with Crippen molar-refractivity contribution < 1.29 is 4.79 Å². The largest absolute Gasteiger partial charge is 0.354 e. The van der Waals surface area contributed by atoms with Crippen molar-refractivity contribution in [2.24, 2.45) is 5.92 Å². The van der Waals surface area contributed by atoms with Gasteiger partial charge in [-0.3, -0.25) is 4.79 Å². The van der Waals surface area contributed by atoms with Crippen molar-refractivity contribution in [1.29, 1.82) is 0 Å². The number of nitrogens with zero attached hydrogens (tertiary/aromatic N) is 2. The molecule has 0 saturated carbocycles. The number of rotatable bonds is 8. The molecule has 5 heteroatoms. The van der Waals surface area contributed by atoms with Crippen molar-refractivity contribution in [3.05, 3.63) is 18.0 Å². The highest BCUT2D eigenvalue weighted by atomic mass is 16.1. The van der Waals surface area contributed by atoms with Crippen LogP contribution in [0.5, 0.6) is 0 Å².